The van der Waals surface area contributed by atoms with Crippen LogP contribution in [0.5, 0.6) is 0 Å². The molecule has 102 valence electrons. The molecule has 0 atom stereocenters. The second-order valence-electron chi connectivity index (χ2n) is 4.18. The number of amides is 2. The van der Waals surface area contributed by atoms with E-state index in [9.17, 15) is 9.59 Å². The summed E-state index contributed by atoms with van der Waals surface area (Å²) in [6.45, 7) is 1.95. The van der Waals surface area contributed by atoms with Gasteiger partial charge in [0.2, 0.25) is 0 Å². The van der Waals surface area contributed by atoms with Gasteiger partial charge in [-0.05, 0) is 31.2 Å². The van der Waals surface area contributed by atoms with E-state index >= 15 is 0 Å². The number of urea groups is 1. The molecule has 2 amide bonds. The van der Waals surface area contributed by atoms with Gasteiger partial charge in [0.05, 0.1) is 5.56 Å². The SMILES string of the molecule is Cc1ccc(NC(=O)Nc2cc(C(=O)O)ccn2)cc1. The Morgan fingerprint density at radius 2 is 1.80 bits per heavy atom. The lowest BCUT2D eigenvalue weighted by Gasteiger charge is -2.07. The van der Waals surface area contributed by atoms with E-state index < -0.39 is 12.0 Å². The number of aromatic nitrogens is 1. The van der Waals surface area contributed by atoms with Crippen LogP contribution in [0.4, 0.5) is 16.3 Å². The van der Waals surface area contributed by atoms with Gasteiger partial charge < -0.3 is 10.4 Å². The molecule has 0 saturated heterocycles. The lowest BCUT2D eigenvalue weighted by molar-refractivity contribution is 0.0696. The Hall–Kier alpha value is -2.89. The number of aryl methyl sites for hydroxylation is 1. The van der Waals surface area contributed by atoms with Crippen LogP contribution < -0.4 is 10.6 Å². The minimum Gasteiger partial charge on any atom is -0.478 e. The van der Waals surface area contributed by atoms with Crippen molar-refractivity contribution in [2.24, 2.45) is 0 Å². The average molecular weight is 271 g/mol. The molecule has 0 unspecified atom stereocenters. The van der Waals surface area contributed by atoms with E-state index in [0.29, 0.717) is 5.69 Å². The molecule has 0 aliphatic rings. The van der Waals surface area contributed by atoms with Crippen molar-refractivity contribution in [1.29, 1.82) is 0 Å². The minimum absolute atomic E-state index is 0.0608. The first-order valence-electron chi connectivity index (χ1n) is 5.88. The van der Waals surface area contributed by atoms with Crippen molar-refractivity contribution >= 4 is 23.5 Å². The molecule has 3 N–H and O–H groups in total. The standard InChI is InChI=1S/C14H13N3O3/c1-9-2-4-11(5-3-9)16-14(20)17-12-8-10(13(18)19)6-7-15-12/h2-8H,1H3,(H,18,19)(H2,15,16,17,20). The molecule has 0 radical (unpaired) electrons. The molecule has 1 aromatic carbocycles. The van der Waals surface area contributed by atoms with Crippen molar-refractivity contribution < 1.29 is 14.7 Å². The average Bonchev–Trinajstić information content (AvgIpc) is 2.41. The van der Waals surface area contributed by atoms with Crippen LogP contribution >= 0.6 is 0 Å². The largest absolute Gasteiger partial charge is 0.478 e. The summed E-state index contributed by atoms with van der Waals surface area (Å²) in [4.78, 5) is 26.4. The van der Waals surface area contributed by atoms with Crippen molar-refractivity contribution in [3.63, 3.8) is 0 Å². The normalized spacial score (nSPS) is 9.85. The molecular formula is C14H13N3O3. The molecule has 6 heteroatoms. The quantitative estimate of drug-likeness (QED) is 0.800. The van der Waals surface area contributed by atoms with Crippen LogP contribution in [0.2, 0.25) is 0 Å². The predicted octanol–water partition coefficient (Wildman–Crippen LogP) is 2.73. The van der Waals surface area contributed by atoms with Gasteiger partial charge in [-0.2, -0.15) is 0 Å². The highest BCUT2D eigenvalue weighted by Gasteiger charge is 2.07. The number of hydrogen-bond donors (Lipinski definition) is 3. The number of aromatic carboxylic acids is 1. The highest BCUT2D eigenvalue weighted by Crippen LogP contribution is 2.10. The summed E-state index contributed by atoms with van der Waals surface area (Å²) in [6, 6.07) is 9.45. The van der Waals surface area contributed by atoms with Gasteiger partial charge in [0, 0.05) is 11.9 Å². The number of anilines is 2. The third-order valence-electron chi connectivity index (χ3n) is 2.56. The number of pyridine rings is 1. The number of benzene rings is 1. The van der Waals surface area contributed by atoms with Crippen LogP contribution in [-0.2, 0) is 0 Å². The Labute approximate surface area is 115 Å². The molecule has 0 aliphatic heterocycles. The van der Waals surface area contributed by atoms with Gasteiger partial charge in [0.25, 0.3) is 0 Å². The van der Waals surface area contributed by atoms with Gasteiger partial charge in [-0.15, -0.1) is 0 Å². The Bertz CT molecular complexity index is 638. The summed E-state index contributed by atoms with van der Waals surface area (Å²) >= 11 is 0. The molecule has 1 heterocycles. The van der Waals surface area contributed by atoms with Crippen LogP contribution in [0, 0.1) is 6.92 Å². The maximum absolute atomic E-state index is 11.7. The molecule has 20 heavy (non-hydrogen) atoms. The molecule has 0 bridgehead atoms. The lowest BCUT2D eigenvalue weighted by Crippen LogP contribution is -2.20. The summed E-state index contributed by atoms with van der Waals surface area (Å²) < 4.78 is 0. The van der Waals surface area contributed by atoms with E-state index in [4.69, 9.17) is 5.11 Å². The van der Waals surface area contributed by atoms with E-state index in [-0.39, 0.29) is 11.4 Å². The third kappa shape index (κ3) is 3.55. The summed E-state index contributed by atoms with van der Waals surface area (Å²) in [5, 5.41) is 14.0. The summed E-state index contributed by atoms with van der Waals surface area (Å²) in [5.41, 5.74) is 1.79. The minimum atomic E-state index is -1.07. The second kappa shape index (κ2) is 5.83. The van der Waals surface area contributed by atoms with Gasteiger partial charge in [0.1, 0.15) is 5.82 Å². The molecule has 0 spiro atoms. The first-order chi connectivity index (χ1) is 9.54. The van der Waals surface area contributed by atoms with E-state index in [1.165, 1.54) is 18.3 Å². The van der Waals surface area contributed by atoms with Crippen molar-refractivity contribution in [2.45, 2.75) is 6.92 Å². The fourth-order valence-corrected chi connectivity index (χ4v) is 1.55. The number of carboxylic acid groups (broad SMARTS) is 1. The van der Waals surface area contributed by atoms with Gasteiger partial charge in [0.15, 0.2) is 0 Å². The summed E-state index contributed by atoms with van der Waals surface area (Å²) in [7, 11) is 0. The zero-order chi connectivity index (χ0) is 14.5. The predicted molar refractivity (Wildman–Crippen MR) is 75.0 cm³/mol. The number of carbonyl (C=O) groups is 2. The molecule has 0 fully saturated rings. The van der Waals surface area contributed by atoms with Crippen molar-refractivity contribution in [3.8, 4) is 0 Å². The zero-order valence-electron chi connectivity index (χ0n) is 10.8. The van der Waals surface area contributed by atoms with E-state index in [1.807, 2.05) is 19.1 Å². The second-order valence-corrected chi connectivity index (χ2v) is 4.18. The van der Waals surface area contributed by atoms with Gasteiger partial charge in [-0.25, -0.2) is 14.6 Å². The highest BCUT2D eigenvalue weighted by molar-refractivity contribution is 5.99. The van der Waals surface area contributed by atoms with Gasteiger partial charge in [-0.3, -0.25) is 5.32 Å². The third-order valence-corrected chi connectivity index (χ3v) is 2.56. The number of nitrogens with zero attached hydrogens (tertiary/aromatic N) is 1. The molecule has 2 aromatic rings. The number of hydrogen-bond acceptors (Lipinski definition) is 3. The highest BCUT2D eigenvalue weighted by atomic mass is 16.4. The lowest BCUT2D eigenvalue weighted by atomic mass is 10.2. The maximum atomic E-state index is 11.7. The topological polar surface area (TPSA) is 91.3 Å². The van der Waals surface area contributed by atoms with Crippen LogP contribution in [-0.4, -0.2) is 22.1 Å². The van der Waals surface area contributed by atoms with E-state index in [1.54, 1.807) is 12.1 Å². The monoisotopic (exact) mass is 271 g/mol. The van der Waals surface area contributed by atoms with Crippen LogP contribution in [0.3, 0.4) is 0 Å². The van der Waals surface area contributed by atoms with Crippen LogP contribution in [0.15, 0.2) is 42.6 Å². The molecule has 0 aliphatic carbocycles. The van der Waals surface area contributed by atoms with Crippen LogP contribution in [0.25, 0.3) is 0 Å². The van der Waals surface area contributed by atoms with Gasteiger partial charge in [-0.1, -0.05) is 17.7 Å². The van der Waals surface area contributed by atoms with E-state index in [0.717, 1.165) is 5.56 Å². The molecular weight excluding hydrogens is 258 g/mol. The maximum Gasteiger partial charge on any atom is 0.335 e. The molecule has 2 rings (SSSR count). The number of nitrogens with one attached hydrogen (secondary N) is 2. The van der Waals surface area contributed by atoms with Crippen molar-refractivity contribution in [2.75, 3.05) is 10.6 Å². The Kier molecular flexibility index (Phi) is 3.95. The number of rotatable bonds is 3. The Morgan fingerprint density at radius 3 is 2.45 bits per heavy atom. The first-order valence-corrected chi connectivity index (χ1v) is 5.88. The first kappa shape index (κ1) is 13.5. The fraction of sp³-hybridized carbons (Fsp3) is 0.0714. The van der Waals surface area contributed by atoms with E-state index in [2.05, 4.69) is 15.6 Å². The Morgan fingerprint density at radius 1 is 1.10 bits per heavy atom. The zero-order valence-corrected chi connectivity index (χ0v) is 10.8. The molecule has 1 aromatic heterocycles. The summed E-state index contributed by atoms with van der Waals surface area (Å²) in [5.74, 6) is -0.899. The van der Waals surface area contributed by atoms with Crippen molar-refractivity contribution in [1.82, 2.24) is 4.98 Å². The van der Waals surface area contributed by atoms with Crippen LogP contribution in [0.1, 0.15) is 15.9 Å². The van der Waals surface area contributed by atoms with Gasteiger partial charge >= 0.3 is 12.0 Å². The fourth-order valence-electron chi connectivity index (χ4n) is 1.55. The Balaban J connectivity index is 2.02. The summed E-state index contributed by atoms with van der Waals surface area (Å²) in [6.07, 6.45) is 1.32. The van der Waals surface area contributed by atoms with Crippen molar-refractivity contribution in [3.05, 3.63) is 53.7 Å². The molecule has 6 nitrogen and oxygen atoms in total. The smallest absolute Gasteiger partial charge is 0.335 e. The molecule has 0 saturated carbocycles. The number of carbonyl (C=O) groups excluding carboxylic acids is 1. The number of carboxylic acids is 1.